The summed E-state index contributed by atoms with van der Waals surface area (Å²) in [7, 11) is 0. The number of rotatable bonds is 4. The topological polar surface area (TPSA) is 53.4 Å². The first-order chi connectivity index (χ1) is 9.61. The minimum absolute atomic E-state index is 0.337. The summed E-state index contributed by atoms with van der Waals surface area (Å²) in [6, 6.07) is 7.30. The highest BCUT2D eigenvalue weighted by molar-refractivity contribution is 5.67. The molecule has 2 aliphatic rings. The highest BCUT2D eigenvalue weighted by Crippen LogP contribution is 2.40. The van der Waals surface area contributed by atoms with E-state index < -0.39 is 5.97 Å². The van der Waals surface area contributed by atoms with Crippen LogP contribution in [0.15, 0.2) is 18.2 Å². The summed E-state index contributed by atoms with van der Waals surface area (Å²) in [5.74, 6) is -0.282. The smallest absolute Gasteiger partial charge is 0.303 e. The summed E-state index contributed by atoms with van der Waals surface area (Å²) in [5, 5.41) is 8.97. The van der Waals surface area contributed by atoms with Gasteiger partial charge in [-0.25, -0.2) is 0 Å². The molecule has 20 heavy (non-hydrogen) atoms. The second-order valence-corrected chi connectivity index (χ2v) is 6.26. The van der Waals surface area contributed by atoms with E-state index in [0.717, 1.165) is 30.8 Å². The molecule has 0 spiro atoms. The third kappa shape index (κ3) is 2.85. The van der Waals surface area contributed by atoms with Crippen molar-refractivity contribution in [2.75, 3.05) is 0 Å². The maximum atomic E-state index is 10.9. The largest absolute Gasteiger partial charge is 0.481 e. The maximum Gasteiger partial charge on any atom is 0.303 e. The van der Waals surface area contributed by atoms with Crippen LogP contribution < -0.4 is 0 Å². The number of hydrogen-bond acceptors (Lipinski definition) is 3. The number of aromatic nitrogens is 1. The molecule has 2 unspecified atom stereocenters. The number of carboxylic acid groups (broad SMARTS) is 1. The van der Waals surface area contributed by atoms with Gasteiger partial charge in [-0.3, -0.25) is 14.7 Å². The van der Waals surface area contributed by atoms with Crippen molar-refractivity contribution in [1.82, 2.24) is 9.88 Å². The van der Waals surface area contributed by atoms with Crippen molar-refractivity contribution in [3.05, 3.63) is 29.6 Å². The molecule has 2 aliphatic heterocycles. The average molecular weight is 274 g/mol. The number of aryl methyl sites for hydroxylation is 1. The van der Waals surface area contributed by atoms with Gasteiger partial charge in [0.05, 0.1) is 5.69 Å². The quantitative estimate of drug-likeness (QED) is 0.917. The Bertz CT molecular complexity index is 489. The molecule has 0 saturated carbocycles. The van der Waals surface area contributed by atoms with Gasteiger partial charge >= 0.3 is 5.97 Å². The van der Waals surface area contributed by atoms with Gasteiger partial charge in [-0.15, -0.1) is 0 Å². The summed E-state index contributed by atoms with van der Waals surface area (Å²) >= 11 is 0. The van der Waals surface area contributed by atoms with Gasteiger partial charge in [-0.05, 0) is 50.7 Å². The fraction of sp³-hybridized carbons (Fsp3) is 0.625. The predicted molar refractivity (Wildman–Crippen MR) is 76.3 cm³/mol. The van der Waals surface area contributed by atoms with Crippen molar-refractivity contribution >= 4 is 5.97 Å². The summed E-state index contributed by atoms with van der Waals surface area (Å²) < 4.78 is 0. The van der Waals surface area contributed by atoms with Crippen LogP contribution in [-0.4, -0.2) is 33.0 Å². The summed E-state index contributed by atoms with van der Waals surface area (Å²) in [4.78, 5) is 18.0. The van der Waals surface area contributed by atoms with Gasteiger partial charge in [0.1, 0.15) is 0 Å². The first-order valence-electron chi connectivity index (χ1n) is 7.52. The highest BCUT2D eigenvalue weighted by atomic mass is 16.4. The van der Waals surface area contributed by atoms with Gasteiger partial charge in [-0.1, -0.05) is 6.07 Å². The maximum absolute atomic E-state index is 10.9. The van der Waals surface area contributed by atoms with Crippen LogP contribution in [0.3, 0.4) is 0 Å². The van der Waals surface area contributed by atoms with Gasteiger partial charge in [-0.2, -0.15) is 0 Å². The fourth-order valence-electron chi connectivity index (χ4n) is 3.93. The minimum atomic E-state index is -0.650. The first-order valence-corrected chi connectivity index (χ1v) is 7.52. The van der Waals surface area contributed by atoms with Crippen molar-refractivity contribution in [3.63, 3.8) is 0 Å². The zero-order chi connectivity index (χ0) is 14.1. The molecule has 3 heterocycles. The molecule has 108 valence electrons. The average Bonchev–Trinajstić information content (AvgIpc) is 2.61. The van der Waals surface area contributed by atoms with Gasteiger partial charge in [0.2, 0.25) is 0 Å². The lowest BCUT2D eigenvalue weighted by Gasteiger charge is -2.38. The zero-order valence-corrected chi connectivity index (χ0v) is 12.0. The van der Waals surface area contributed by atoms with Gasteiger partial charge < -0.3 is 5.11 Å². The van der Waals surface area contributed by atoms with E-state index in [4.69, 9.17) is 5.11 Å². The fourth-order valence-corrected chi connectivity index (χ4v) is 3.93. The number of nitrogens with zero attached hydrogens (tertiary/aromatic N) is 2. The lowest BCUT2D eigenvalue weighted by atomic mass is 9.88. The van der Waals surface area contributed by atoms with Crippen LogP contribution in [-0.2, 0) is 11.3 Å². The Labute approximate surface area is 119 Å². The van der Waals surface area contributed by atoms with Crippen LogP contribution in [0.1, 0.15) is 43.5 Å². The molecule has 2 saturated heterocycles. The molecule has 3 rings (SSSR count). The van der Waals surface area contributed by atoms with E-state index >= 15 is 0 Å². The van der Waals surface area contributed by atoms with Crippen LogP contribution in [0.5, 0.6) is 0 Å². The molecule has 1 aromatic heterocycles. The monoisotopic (exact) mass is 274 g/mol. The number of piperidine rings is 1. The van der Waals surface area contributed by atoms with Crippen molar-refractivity contribution < 1.29 is 9.90 Å². The molecule has 0 radical (unpaired) electrons. The van der Waals surface area contributed by atoms with Crippen LogP contribution in [0, 0.1) is 12.8 Å². The highest BCUT2D eigenvalue weighted by Gasteiger charge is 2.41. The number of carbonyl (C=O) groups is 1. The molecule has 4 nitrogen and oxygen atoms in total. The summed E-state index contributed by atoms with van der Waals surface area (Å²) in [6.07, 6.45) is 4.84. The van der Waals surface area contributed by atoms with Crippen molar-refractivity contribution in [1.29, 1.82) is 0 Å². The van der Waals surface area contributed by atoms with E-state index in [0.29, 0.717) is 24.4 Å². The minimum Gasteiger partial charge on any atom is -0.481 e. The van der Waals surface area contributed by atoms with Crippen molar-refractivity contribution in [2.24, 2.45) is 5.92 Å². The SMILES string of the molecule is Cc1cccc(CN2C3CCC2CC(CC(=O)O)C3)n1. The molecule has 1 N–H and O–H groups in total. The molecule has 0 amide bonds. The standard InChI is InChI=1S/C16H22N2O2/c1-11-3-2-4-13(17-11)10-18-14-5-6-15(18)8-12(7-14)9-16(19)20/h2-4,12,14-15H,5-10H2,1H3,(H,19,20). The number of aliphatic carboxylic acids is 1. The third-order valence-electron chi connectivity index (χ3n) is 4.74. The van der Waals surface area contributed by atoms with Crippen molar-refractivity contribution in [3.8, 4) is 0 Å². The van der Waals surface area contributed by atoms with E-state index in [-0.39, 0.29) is 0 Å². The molecule has 2 fully saturated rings. The van der Waals surface area contributed by atoms with Gasteiger partial charge in [0.25, 0.3) is 0 Å². The number of pyridine rings is 1. The molecule has 2 bridgehead atoms. The van der Waals surface area contributed by atoms with Gasteiger partial charge in [0, 0.05) is 30.7 Å². The van der Waals surface area contributed by atoms with E-state index in [9.17, 15) is 4.79 Å². The normalized spacial score (nSPS) is 29.6. The molecule has 0 aliphatic carbocycles. The van der Waals surface area contributed by atoms with E-state index in [1.54, 1.807) is 0 Å². The van der Waals surface area contributed by atoms with Crippen LogP contribution >= 0.6 is 0 Å². The van der Waals surface area contributed by atoms with Crippen LogP contribution in [0.25, 0.3) is 0 Å². The summed E-state index contributed by atoms with van der Waals surface area (Å²) in [5.41, 5.74) is 2.20. The Morgan fingerprint density at radius 1 is 1.35 bits per heavy atom. The number of hydrogen-bond donors (Lipinski definition) is 1. The molecular weight excluding hydrogens is 252 g/mol. The predicted octanol–water partition coefficient (Wildman–Crippen LogP) is 2.61. The number of fused-ring (bicyclic) bond motifs is 2. The van der Waals surface area contributed by atoms with Crippen LogP contribution in [0.2, 0.25) is 0 Å². The molecule has 1 aromatic rings. The zero-order valence-electron chi connectivity index (χ0n) is 12.0. The van der Waals surface area contributed by atoms with Crippen LogP contribution in [0.4, 0.5) is 0 Å². The molecule has 0 aromatic carbocycles. The Morgan fingerprint density at radius 3 is 2.65 bits per heavy atom. The lowest BCUT2D eigenvalue weighted by Crippen LogP contribution is -2.42. The molecular formula is C16H22N2O2. The van der Waals surface area contributed by atoms with E-state index in [1.807, 2.05) is 13.0 Å². The van der Waals surface area contributed by atoms with E-state index in [2.05, 4.69) is 22.0 Å². The second kappa shape index (κ2) is 5.52. The van der Waals surface area contributed by atoms with Gasteiger partial charge in [0.15, 0.2) is 0 Å². The molecule has 4 heteroatoms. The Hall–Kier alpha value is -1.42. The van der Waals surface area contributed by atoms with Crippen molar-refractivity contribution in [2.45, 2.75) is 57.7 Å². The lowest BCUT2D eigenvalue weighted by molar-refractivity contribution is -0.138. The number of carboxylic acids is 1. The Kier molecular flexibility index (Phi) is 3.74. The Balaban J connectivity index is 1.66. The second-order valence-electron chi connectivity index (χ2n) is 6.26. The third-order valence-corrected chi connectivity index (χ3v) is 4.74. The summed E-state index contributed by atoms with van der Waals surface area (Å²) in [6.45, 7) is 2.94. The Morgan fingerprint density at radius 2 is 2.05 bits per heavy atom. The van der Waals surface area contributed by atoms with E-state index in [1.165, 1.54) is 12.8 Å². The first kappa shape index (κ1) is 13.6. The molecule has 2 atom stereocenters.